The van der Waals surface area contributed by atoms with Crippen LogP contribution in [0.2, 0.25) is 0 Å². The third kappa shape index (κ3) is 2.78. The monoisotopic (exact) mass is 297 g/mol. The summed E-state index contributed by atoms with van der Waals surface area (Å²) in [5.41, 5.74) is 0.742. The van der Waals surface area contributed by atoms with Crippen LogP contribution in [0.25, 0.3) is 11.5 Å². The minimum atomic E-state index is -0.994. The molecule has 2 heterocycles. The molecule has 1 N–H and O–H groups in total. The Morgan fingerprint density at radius 1 is 1.23 bits per heavy atom. The second-order valence-electron chi connectivity index (χ2n) is 4.43. The minimum Gasteiger partial charge on any atom is -0.478 e. The Balaban J connectivity index is 1.91. The highest BCUT2D eigenvalue weighted by Crippen LogP contribution is 2.30. The molecule has 3 rings (SSSR count). The highest BCUT2D eigenvalue weighted by molar-refractivity contribution is 5.87. The molecule has 2 aromatic heterocycles. The van der Waals surface area contributed by atoms with E-state index >= 15 is 0 Å². The molecule has 0 saturated heterocycles. The lowest BCUT2D eigenvalue weighted by molar-refractivity contribution is 0.0697. The average molecular weight is 297 g/mol. The number of rotatable bonds is 4. The normalized spacial score (nSPS) is 10.4. The molecule has 22 heavy (non-hydrogen) atoms. The number of ether oxygens (including phenoxy) is 1. The third-order valence-corrected chi connectivity index (χ3v) is 2.84. The van der Waals surface area contributed by atoms with Gasteiger partial charge in [-0.15, -0.1) is 0 Å². The lowest BCUT2D eigenvalue weighted by atomic mass is 10.2. The Morgan fingerprint density at radius 3 is 2.64 bits per heavy atom. The molecule has 0 saturated carbocycles. The summed E-state index contributed by atoms with van der Waals surface area (Å²) in [5, 5.41) is 12.6. The van der Waals surface area contributed by atoms with Crippen molar-refractivity contribution in [3.63, 3.8) is 0 Å². The summed E-state index contributed by atoms with van der Waals surface area (Å²) in [5.74, 6) is 0.584. The van der Waals surface area contributed by atoms with Crippen LogP contribution in [0.5, 0.6) is 11.6 Å². The van der Waals surface area contributed by atoms with Crippen LogP contribution in [0, 0.1) is 6.92 Å². The zero-order valence-electron chi connectivity index (χ0n) is 11.6. The Morgan fingerprint density at radius 2 is 2.00 bits per heavy atom. The van der Waals surface area contributed by atoms with Gasteiger partial charge in [-0.3, -0.25) is 0 Å². The van der Waals surface area contributed by atoms with Crippen LogP contribution in [-0.2, 0) is 0 Å². The van der Waals surface area contributed by atoms with E-state index in [0.29, 0.717) is 28.9 Å². The number of aromatic carboxylic acids is 1. The number of carbonyl (C=O) groups is 1. The van der Waals surface area contributed by atoms with E-state index in [2.05, 4.69) is 15.1 Å². The standard InChI is InChI=1S/C15H11N3O4/c1-9-17-14(22-18-9)12-3-2-8-16-13(12)21-11-6-4-10(5-7-11)15(19)20/h2-8H,1H3,(H,19,20). The number of benzene rings is 1. The van der Waals surface area contributed by atoms with Gasteiger partial charge in [-0.05, 0) is 43.3 Å². The van der Waals surface area contributed by atoms with E-state index in [4.69, 9.17) is 14.4 Å². The first kappa shape index (κ1) is 13.7. The largest absolute Gasteiger partial charge is 0.478 e. The first-order valence-electron chi connectivity index (χ1n) is 6.40. The van der Waals surface area contributed by atoms with Gasteiger partial charge in [0.15, 0.2) is 5.82 Å². The Hall–Kier alpha value is -3.22. The molecule has 0 fully saturated rings. The van der Waals surface area contributed by atoms with Crippen molar-refractivity contribution in [1.29, 1.82) is 0 Å². The average Bonchev–Trinajstić information content (AvgIpc) is 2.95. The summed E-state index contributed by atoms with van der Waals surface area (Å²) in [6, 6.07) is 9.51. The molecule has 0 amide bonds. The van der Waals surface area contributed by atoms with Gasteiger partial charge in [0.2, 0.25) is 5.88 Å². The van der Waals surface area contributed by atoms with Crippen LogP contribution in [0.15, 0.2) is 47.1 Å². The van der Waals surface area contributed by atoms with Gasteiger partial charge in [-0.25, -0.2) is 9.78 Å². The van der Waals surface area contributed by atoms with Crippen LogP contribution >= 0.6 is 0 Å². The fourth-order valence-electron chi connectivity index (χ4n) is 1.82. The van der Waals surface area contributed by atoms with E-state index in [9.17, 15) is 4.79 Å². The van der Waals surface area contributed by atoms with Gasteiger partial charge >= 0.3 is 5.97 Å². The quantitative estimate of drug-likeness (QED) is 0.790. The van der Waals surface area contributed by atoms with Crippen LogP contribution in [-0.4, -0.2) is 26.2 Å². The number of carboxylic acid groups (broad SMARTS) is 1. The second-order valence-corrected chi connectivity index (χ2v) is 4.43. The summed E-state index contributed by atoms with van der Waals surface area (Å²) in [6.07, 6.45) is 1.58. The number of hydrogen-bond donors (Lipinski definition) is 1. The Kier molecular flexibility index (Phi) is 3.53. The number of pyridine rings is 1. The van der Waals surface area contributed by atoms with Crippen molar-refractivity contribution in [1.82, 2.24) is 15.1 Å². The Labute approximate surface area is 125 Å². The van der Waals surface area contributed by atoms with Gasteiger partial charge in [-0.2, -0.15) is 4.98 Å². The lowest BCUT2D eigenvalue weighted by Gasteiger charge is -2.07. The minimum absolute atomic E-state index is 0.182. The van der Waals surface area contributed by atoms with Crippen LogP contribution in [0.1, 0.15) is 16.2 Å². The fraction of sp³-hybridized carbons (Fsp3) is 0.0667. The van der Waals surface area contributed by atoms with E-state index in [0.717, 1.165) is 0 Å². The molecular weight excluding hydrogens is 286 g/mol. The zero-order valence-corrected chi connectivity index (χ0v) is 11.6. The van der Waals surface area contributed by atoms with E-state index < -0.39 is 5.97 Å². The van der Waals surface area contributed by atoms with E-state index in [1.165, 1.54) is 12.1 Å². The van der Waals surface area contributed by atoms with Crippen molar-refractivity contribution in [2.24, 2.45) is 0 Å². The molecule has 1 aromatic carbocycles. The van der Waals surface area contributed by atoms with E-state index in [1.807, 2.05) is 0 Å². The zero-order chi connectivity index (χ0) is 15.5. The van der Waals surface area contributed by atoms with Crippen molar-refractivity contribution in [2.75, 3.05) is 0 Å². The molecule has 0 aliphatic carbocycles. The molecule has 110 valence electrons. The van der Waals surface area contributed by atoms with Gasteiger partial charge in [-0.1, -0.05) is 5.16 Å². The lowest BCUT2D eigenvalue weighted by Crippen LogP contribution is -1.96. The molecule has 0 unspecified atom stereocenters. The summed E-state index contributed by atoms with van der Waals surface area (Å²) in [6.45, 7) is 1.72. The van der Waals surface area contributed by atoms with Crippen molar-refractivity contribution in [3.8, 4) is 23.1 Å². The first-order valence-corrected chi connectivity index (χ1v) is 6.40. The molecule has 0 aliphatic heterocycles. The van der Waals surface area contributed by atoms with Gasteiger partial charge < -0.3 is 14.4 Å². The summed E-state index contributed by atoms with van der Waals surface area (Å²) < 4.78 is 10.8. The highest BCUT2D eigenvalue weighted by atomic mass is 16.5. The van der Waals surface area contributed by atoms with Gasteiger partial charge in [0.05, 0.1) is 5.56 Å². The number of aromatic nitrogens is 3. The van der Waals surface area contributed by atoms with Crippen molar-refractivity contribution < 1.29 is 19.2 Å². The number of aryl methyl sites for hydroxylation is 1. The summed E-state index contributed by atoms with van der Waals surface area (Å²) in [4.78, 5) is 19.1. The van der Waals surface area contributed by atoms with E-state index in [1.54, 1.807) is 37.4 Å². The van der Waals surface area contributed by atoms with Crippen molar-refractivity contribution in [2.45, 2.75) is 6.92 Å². The molecule has 7 heteroatoms. The van der Waals surface area contributed by atoms with Crippen LogP contribution in [0.3, 0.4) is 0 Å². The smallest absolute Gasteiger partial charge is 0.335 e. The van der Waals surface area contributed by atoms with Crippen molar-refractivity contribution >= 4 is 5.97 Å². The topological polar surface area (TPSA) is 98.3 Å². The van der Waals surface area contributed by atoms with E-state index in [-0.39, 0.29) is 5.56 Å². The second kappa shape index (κ2) is 5.65. The predicted octanol–water partition coefficient (Wildman–Crippen LogP) is 2.93. The molecule has 3 aromatic rings. The first-order chi connectivity index (χ1) is 10.6. The summed E-state index contributed by atoms with van der Waals surface area (Å²) in [7, 11) is 0. The summed E-state index contributed by atoms with van der Waals surface area (Å²) >= 11 is 0. The molecular formula is C15H11N3O4. The molecule has 0 radical (unpaired) electrons. The maximum absolute atomic E-state index is 10.8. The van der Waals surface area contributed by atoms with Crippen LogP contribution in [0.4, 0.5) is 0 Å². The molecule has 0 bridgehead atoms. The predicted molar refractivity (Wildman–Crippen MR) is 75.7 cm³/mol. The number of carboxylic acids is 1. The molecule has 0 aliphatic rings. The number of nitrogens with zero attached hydrogens (tertiary/aromatic N) is 3. The number of hydrogen-bond acceptors (Lipinski definition) is 6. The van der Waals surface area contributed by atoms with Crippen LogP contribution < -0.4 is 4.74 Å². The molecule has 0 atom stereocenters. The van der Waals surface area contributed by atoms with Crippen molar-refractivity contribution in [3.05, 3.63) is 54.0 Å². The van der Waals surface area contributed by atoms with Gasteiger partial charge in [0.1, 0.15) is 11.3 Å². The van der Waals surface area contributed by atoms with Gasteiger partial charge in [0.25, 0.3) is 5.89 Å². The fourth-order valence-corrected chi connectivity index (χ4v) is 1.82. The molecule has 0 spiro atoms. The molecule has 7 nitrogen and oxygen atoms in total. The maximum Gasteiger partial charge on any atom is 0.335 e. The Bertz CT molecular complexity index is 812. The SMILES string of the molecule is Cc1noc(-c2cccnc2Oc2ccc(C(=O)O)cc2)n1. The third-order valence-electron chi connectivity index (χ3n) is 2.84. The maximum atomic E-state index is 10.8. The van der Waals surface area contributed by atoms with Gasteiger partial charge in [0, 0.05) is 6.20 Å². The highest BCUT2D eigenvalue weighted by Gasteiger charge is 2.14.